The molecule has 11 rings (SSSR count). The summed E-state index contributed by atoms with van der Waals surface area (Å²) in [5.41, 5.74) is 15.9. The highest BCUT2D eigenvalue weighted by molar-refractivity contribution is 5.94. The molecule has 1 aromatic heterocycles. The smallest absolute Gasteiger partial charge is 0.160 e. The van der Waals surface area contributed by atoms with E-state index in [0.29, 0.717) is 0 Å². The number of hydrogen-bond donors (Lipinski definition) is 0. The van der Waals surface area contributed by atoms with Crippen LogP contribution in [0.2, 0.25) is 0 Å². The number of rotatable bonds is 5. The maximum Gasteiger partial charge on any atom is 0.160 e. The van der Waals surface area contributed by atoms with E-state index in [9.17, 15) is 0 Å². The Kier molecular flexibility index (Phi) is 6.72. The van der Waals surface area contributed by atoms with Gasteiger partial charge in [-0.3, -0.25) is 0 Å². The number of aromatic nitrogens is 2. The van der Waals surface area contributed by atoms with Crippen molar-refractivity contribution in [2.45, 2.75) is 10.8 Å². The van der Waals surface area contributed by atoms with Crippen molar-refractivity contribution in [2.75, 3.05) is 0 Å². The lowest BCUT2D eigenvalue weighted by atomic mass is 9.52. The van der Waals surface area contributed by atoms with E-state index < -0.39 is 10.8 Å². The largest absolute Gasteiger partial charge is 0.228 e. The van der Waals surface area contributed by atoms with Crippen molar-refractivity contribution in [3.63, 3.8) is 0 Å². The van der Waals surface area contributed by atoms with Gasteiger partial charge in [-0.2, -0.15) is 0 Å². The van der Waals surface area contributed by atoms with Gasteiger partial charge in [0, 0.05) is 16.5 Å². The van der Waals surface area contributed by atoms with Crippen molar-refractivity contribution < 1.29 is 0 Å². The maximum absolute atomic E-state index is 5.22. The van der Waals surface area contributed by atoms with Gasteiger partial charge in [-0.05, 0) is 61.7 Å². The molecule has 2 unspecified atom stereocenters. The SMILES string of the molecule is c1ccc(-c2nc(-c3ccc(C4(c5ccccc5)c5ccccc5C5(c6ccccc6)c6ccccc6-c6cccc4c65)cc3)nc3ccccc23)cc1. The Balaban J connectivity index is 1.20. The fraction of sp³-hybridized carbons (Fsp3) is 0.0385. The van der Waals surface area contributed by atoms with E-state index in [-0.39, 0.29) is 0 Å². The molecular formula is C52H34N2. The predicted molar refractivity (Wildman–Crippen MR) is 220 cm³/mol. The second-order valence-corrected chi connectivity index (χ2v) is 14.4. The second-order valence-electron chi connectivity index (χ2n) is 14.4. The Labute approximate surface area is 315 Å². The van der Waals surface area contributed by atoms with Crippen LogP contribution in [0.1, 0.15) is 44.5 Å². The minimum absolute atomic E-state index is 0.467. The summed E-state index contributed by atoms with van der Waals surface area (Å²) in [4.78, 5) is 10.3. The van der Waals surface area contributed by atoms with Gasteiger partial charge in [0.2, 0.25) is 0 Å². The maximum atomic E-state index is 5.22. The van der Waals surface area contributed by atoms with Gasteiger partial charge < -0.3 is 0 Å². The fourth-order valence-electron chi connectivity index (χ4n) is 9.75. The first kappa shape index (κ1) is 30.7. The highest BCUT2D eigenvalue weighted by atomic mass is 14.9. The Morgan fingerprint density at radius 2 is 0.833 bits per heavy atom. The van der Waals surface area contributed by atoms with Gasteiger partial charge in [0.25, 0.3) is 0 Å². The Morgan fingerprint density at radius 1 is 0.315 bits per heavy atom. The zero-order valence-corrected chi connectivity index (χ0v) is 29.5. The third kappa shape index (κ3) is 4.11. The third-order valence-electron chi connectivity index (χ3n) is 11.8. The molecule has 0 spiro atoms. The van der Waals surface area contributed by atoms with Gasteiger partial charge in [0.05, 0.1) is 22.0 Å². The van der Waals surface area contributed by atoms with Crippen LogP contribution in [0, 0.1) is 0 Å². The molecule has 0 N–H and O–H groups in total. The minimum Gasteiger partial charge on any atom is -0.228 e. The summed E-state index contributed by atoms with van der Waals surface area (Å²) < 4.78 is 0. The molecule has 2 aliphatic rings. The molecule has 0 fully saturated rings. The molecule has 0 aliphatic heterocycles. The number of para-hydroxylation sites is 1. The first-order chi connectivity index (χ1) is 26.8. The van der Waals surface area contributed by atoms with Crippen LogP contribution in [0.5, 0.6) is 0 Å². The van der Waals surface area contributed by atoms with Crippen LogP contribution >= 0.6 is 0 Å². The molecule has 2 atom stereocenters. The molecule has 8 aromatic carbocycles. The number of hydrogen-bond acceptors (Lipinski definition) is 2. The van der Waals surface area contributed by atoms with Crippen molar-refractivity contribution >= 4 is 10.9 Å². The van der Waals surface area contributed by atoms with Crippen molar-refractivity contribution in [1.82, 2.24) is 9.97 Å². The predicted octanol–water partition coefficient (Wildman–Crippen LogP) is 12.0. The van der Waals surface area contributed by atoms with Crippen LogP contribution in [0.3, 0.4) is 0 Å². The average molecular weight is 687 g/mol. The monoisotopic (exact) mass is 686 g/mol. The number of benzene rings is 8. The van der Waals surface area contributed by atoms with Gasteiger partial charge in [0.15, 0.2) is 5.82 Å². The van der Waals surface area contributed by atoms with E-state index in [1.165, 1.54) is 55.6 Å². The molecule has 2 nitrogen and oxygen atoms in total. The molecule has 252 valence electrons. The lowest BCUT2D eigenvalue weighted by Gasteiger charge is -2.49. The van der Waals surface area contributed by atoms with Gasteiger partial charge in [-0.25, -0.2) is 9.97 Å². The highest BCUT2D eigenvalue weighted by Gasteiger charge is 2.57. The van der Waals surface area contributed by atoms with Crippen molar-refractivity contribution in [3.05, 3.63) is 251 Å². The van der Waals surface area contributed by atoms with E-state index in [4.69, 9.17) is 9.97 Å². The summed E-state index contributed by atoms with van der Waals surface area (Å²) in [6, 6.07) is 75.2. The zero-order valence-electron chi connectivity index (χ0n) is 29.5. The average Bonchev–Trinajstić information content (AvgIpc) is 3.57. The second kappa shape index (κ2) is 11.8. The minimum atomic E-state index is -0.596. The van der Waals surface area contributed by atoms with Gasteiger partial charge in [-0.1, -0.05) is 200 Å². The molecule has 0 radical (unpaired) electrons. The normalized spacial score (nSPS) is 17.8. The topological polar surface area (TPSA) is 25.8 Å². The number of fused-ring (bicyclic) bond motifs is 6. The summed E-state index contributed by atoms with van der Waals surface area (Å²) >= 11 is 0. The van der Waals surface area contributed by atoms with E-state index in [1.807, 2.05) is 12.1 Å². The van der Waals surface area contributed by atoms with Crippen LogP contribution < -0.4 is 0 Å². The van der Waals surface area contributed by atoms with Crippen LogP contribution in [-0.2, 0) is 10.8 Å². The molecule has 0 bridgehead atoms. The molecular weight excluding hydrogens is 653 g/mol. The van der Waals surface area contributed by atoms with Crippen molar-refractivity contribution in [1.29, 1.82) is 0 Å². The lowest BCUT2D eigenvalue weighted by Crippen LogP contribution is -2.44. The van der Waals surface area contributed by atoms with E-state index in [1.54, 1.807) is 0 Å². The number of nitrogens with zero attached hydrogens (tertiary/aromatic N) is 2. The van der Waals surface area contributed by atoms with Crippen LogP contribution in [0.15, 0.2) is 206 Å². The molecule has 9 aromatic rings. The van der Waals surface area contributed by atoms with E-state index >= 15 is 0 Å². The fourth-order valence-corrected chi connectivity index (χ4v) is 9.75. The van der Waals surface area contributed by atoms with Crippen LogP contribution in [-0.4, -0.2) is 9.97 Å². The van der Waals surface area contributed by atoms with Crippen LogP contribution in [0.25, 0.3) is 44.7 Å². The molecule has 2 aliphatic carbocycles. The van der Waals surface area contributed by atoms with Crippen molar-refractivity contribution in [2.24, 2.45) is 0 Å². The molecule has 54 heavy (non-hydrogen) atoms. The first-order valence-electron chi connectivity index (χ1n) is 18.7. The Morgan fingerprint density at radius 3 is 1.56 bits per heavy atom. The van der Waals surface area contributed by atoms with Crippen molar-refractivity contribution in [3.8, 4) is 33.8 Å². The third-order valence-corrected chi connectivity index (χ3v) is 11.8. The van der Waals surface area contributed by atoms with Crippen LogP contribution in [0.4, 0.5) is 0 Å². The summed E-state index contributed by atoms with van der Waals surface area (Å²) in [5.74, 6) is 0.719. The van der Waals surface area contributed by atoms with Gasteiger partial charge in [0.1, 0.15) is 0 Å². The molecule has 0 saturated heterocycles. The summed E-state index contributed by atoms with van der Waals surface area (Å²) in [6.07, 6.45) is 0. The van der Waals surface area contributed by atoms with E-state index in [0.717, 1.165) is 33.5 Å². The zero-order chi connectivity index (χ0) is 35.7. The molecule has 0 saturated carbocycles. The summed E-state index contributed by atoms with van der Waals surface area (Å²) in [7, 11) is 0. The molecule has 1 heterocycles. The quantitative estimate of drug-likeness (QED) is 0.180. The standard InChI is InChI=1S/C52H34N2/c1-4-17-35(18-5-1)49-42-24-11-15-30-47(42)53-50(54-49)36-31-33-39(34-32-36)51(37-19-6-2-7-20-37)44-27-13-14-28-45(44)52(38-21-8-3-9-22-38)43-26-12-10-23-40(43)41-25-16-29-46(51)48(41)52/h1-34H. The highest BCUT2D eigenvalue weighted by Crippen LogP contribution is 2.65. The lowest BCUT2D eigenvalue weighted by molar-refractivity contribution is 0.627. The Bertz CT molecular complexity index is 2860. The Hall–Kier alpha value is -6.90. The summed E-state index contributed by atoms with van der Waals surface area (Å²) in [6.45, 7) is 0. The van der Waals surface area contributed by atoms with E-state index in [2.05, 4.69) is 194 Å². The summed E-state index contributed by atoms with van der Waals surface area (Å²) in [5, 5.41) is 1.05. The first-order valence-corrected chi connectivity index (χ1v) is 18.7. The molecule has 2 heteroatoms. The molecule has 0 amide bonds. The van der Waals surface area contributed by atoms with Gasteiger partial charge >= 0.3 is 0 Å². The van der Waals surface area contributed by atoms with Gasteiger partial charge in [-0.15, -0.1) is 0 Å².